The predicted molar refractivity (Wildman–Crippen MR) is 81.2 cm³/mol. The highest BCUT2D eigenvalue weighted by Gasteiger charge is 2.33. The zero-order chi connectivity index (χ0) is 13.9. The number of anilines is 1. The lowest BCUT2D eigenvalue weighted by molar-refractivity contribution is -0.121. The van der Waals surface area contributed by atoms with Crippen LogP contribution in [0.4, 0.5) is 5.69 Å². The number of hydrogen-bond acceptors (Lipinski definition) is 3. The molecule has 1 aromatic carbocycles. The number of hydrogen-bond donors (Lipinski definition) is 1. The van der Waals surface area contributed by atoms with Crippen molar-refractivity contribution in [2.75, 3.05) is 23.8 Å². The number of ether oxygens (including phenoxy) is 1. The summed E-state index contributed by atoms with van der Waals surface area (Å²) in [4.78, 5) is 14.0. The topological polar surface area (TPSA) is 29.5 Å². The first-order valence-corrected chi connectivity index (χ1v) is 7.42. The van der Waals surface area contributed by atoms with Crippen molar-refractivity contribution in [3.63, 3.8) is 0 Å². The van der Waals surface area contributed by atoms with E-state index in [0.717, 1.165) is 30.0 Å². The Bertz CT molecular complexity index is 449. The number of rotatable bonds is 5. The Morgan fingerprint density at radius 1 is 1.32 bits per heavy atom. The number of fused-ring (bicyclic) bond motifs is 1. The third-order valence-corrected chi connectivity index (χ3v) is 4.81. The number of benzene rings is 1. The minimum atomic E-state index is 0.0340. The van der Waals surface area contributed by atoms with Crippen molar-refractivity contribution in [2.24, 2.45) is 5.41 Å². The number of thiol groups is 1. The lowest BCUT2D eigenvalue weighted by atomic mass is 9.83. The van der Waals surface area contributed by atoms with Gasteiger partial charge in [-0.3, -0.25) is 4.79 Å². The molecule has 2 rings (SSSR count). The van der Waals surface area contributed by atoms with Gasteiger partial charge in [-0.15, -0.1) is 0 Å². The molecule has 1 aromatic rings. The Morgan fingerprint density at radius 2 is 2.00 bits per heavy atom. The number of nitrogens with zero attached hydrogens (tertiary/aromatic N) is 1. The predicted octanol–water partition coefficient (Wildman–Crippen LogP) is 3.15. The van der Waals surface area contributed by atoms with Crippen molar-refractivity contribution >= 4 is 24.2 Å². The second-order valence-electron chi connectivity index (χ2n) is 5.10. The van der Waals surface area contributed by atoms with Crippen LogP contribution in [0.15, 0.2) is 24.3 Å². The molecular weight excluding hydrogens is 258 g/mol. The van der Waals surface area contributed by atoms with Crippen LogP contribution in [0, 0.1) is 5.41 Å². The molecule has 3 nitrogen and oxygen atoms in total. The molecule has 0 N–H and O–H groups in total. The smallest absolute Gasteiger partial charge is 0.265 e. The molecule has 1 aliphatic heterocycles. The number of para-hydroxylation sites is 2. The van der Waals surface area contributed by atoms with E-state index in [9.17, 15) is 4.79 Å². The fourth-order valence-corrected chi connectivity index (χ4v) is 2.96. The third-order valence-electron chi connectivity index (χ3n) is 4.14. The van der Waals surface area contributed by atoms with Gasteiger partial charge in [-0.2, -0.15) is 12.6 Å². The molecule has 1 amide bonds. The van der Waals surface area contributed by atoms with Crippen LogP contribution >= 0.6 is 12.6 Å². The van der Waals surface area contributed by atoms with Crippen LogP contribution < -0.4 is 9.64 Å². The summed E-state index contributed by atoms with van der Waals surface area (Å²) in [6.45, 7) is 5.17. The third kappa shape index (κ3) is 2.73. The normalized spacial score (nSPS) is 15.1. The Hall–Kier alpha value is -1.16. The molecule has 0 bridgehead atoms. The molecule has 0 unspecified atom stereocenters. The van der Waals surface area contributed by atoms with E-state index in [0.29, 0.717) is 6.54 Å². The fraction of sp³-hybridized carbons (Fsp3) is 0.533. The van der Waals surface area contributed by atoms with Gasteiger partial charge in [-0.25, -0.2) is 0 Å². The van der Waals surface area contributed by atoms with Gasteiger partial charge >= 0.3 is 0 Å². The van der Waals surface area contributed by atoms with Gasteiger partial charge in [0.05, 0.1) is 5.69 Å². The van der Waals surface area contributed by atoms with Crippen LogP contribution in [0.1, 0.15) is 26.7 Å². The average molecular weight is 279 g/mol. The molecule has 104 valence electrons. The molecule has 1 aliphatic rings. The molecule has 0 spiro atoms. The second kappa shape index (κ2) is 5.87. The Kier molecular flexibility index (Phi) is 4.40. The van der Waals surface area contributed by atoms with Gasteiger partial charge in [0.1, 0.15) is 5.75 Å². The first kappa shape index (κ1) is 14.3. The van der Waals surface area contributed by atoms with Crippen LogP contribution in [0.5, 0.6) is 5.75 Å². The van der Waals surface area contributed by atoms with E-state index in [1.807, 2.05) is 29.2 Å². The van der Waals surface area contributed by atoms with E-state index < -0.39 is 0 Å². The van der Waals surface area contributed by atoms with Gasteiger partial charge < -0.3 is 9.64 Å². The fourth-order valence-electron chi connectivity index (χ4n) is 2.41. The SMILES string of the molecule is CCC(CC)(CS)CN1C(=O)COc2ccccc21. The summed E-state index contributed by atoms with van der Waals surface area (Å²) in [5.41, 5.74) is 0.954. The highest BCUT2D eigenvalue weighted by atomic mass is 32.1. The van der Waals surface area contributed by atoms with Crippen molar-refractivity contribution in [2.45, 2.75) is 26.7 Å². The first-order valence-electron chi connectivity index (χ1n) is 6.79. The summed E-state index contributed by atoms with van der Waals surface area (Å²) in [6, 6.07) is 7.72. The van der Waals surface area contributed by atoms with Gasteiger partial charge in [0.2, 0.25) is 0 Å². The van der Waals surface area contributed by atoms with Crippen LogP contribution in [-0.4, -0.2) is 24.8 Å². The lowest BCUT2D eigenvalue weighted by Crippen LogP contribution is -2.46. The zero-order valence-electron chi connectivity index (χ0n) is 11.6. The average Bonchev–Trinajstić information content (AvgIpc) is 2.47. The van der Waals surface area contributed by atoms with E-state index in [4.69, 9.17) is 4.74 Å². The van der Waals surface area contributed by atoms with Gasteiger partial charge in [-0.05, 0) is 36.1 Å². The highest BCUT2D eigenvalue weighted by Crippen LogP contribution is 2.36. The minimum Gasteiger partial charge on any atom is -0.482 e. The highest BCUT2D eigenvalue weighted by molar-refractivity contribution is 7.80. The van der Waals surface area contributed by atoms with Crippen molar-refractivity contribution in [1.82, 2.24) is 0 Å². The Labute approximate surface area is 120 Å². The maximum Gasteiger partial charge on any atom is 0.265 e. The molecule has 1 heterocycles. The van der Waals surface area contributed by atoms with Crippen LogP contribution in [0.3, 0.4) is 0 Å². The van der Waals surface area contributed by atoms with Crippen molar-refractivity contribution in [3.05, 3.63) is 24.3 Å². The van der Waals surface area contributed by atoms with Crippen molar-refractivity contribution in [3.8, 4) is 5.75 Å². The molecule has 0 aromatic heterocycles. The van der Waals surface area contributed by atoms with E-state index in [1.165, 1.54) is 0 Å². The van der Waals surface area contributed by atoms with E-state index in [1.54, 1.807) is 0 Å². The van der Waals surface area contributed by atoms with Crippen LogP contribution in [0.2, 0.25) is 0 Å². The standard InChI is InChI=1S/C15H21NO2S/c1-3-15(4-2,11-19)10-16-12-7-5-6-8-13(12)18-9-14(16)17/h5-8,19H,3-4,9-11H2,1-2H3. The zero-order valence-corrected chi connectivity index (χ0v) is 12.5. The molecule has 0 saturated heterocycles. The monoisotopic (exact) mass is 279 g/mol. The first-order chi connectivity index (χ1) is 9.15. The molecule has 4 heteroatoms. The van der Waals surface area contributed by atoms with Gasteiger partial charge in [0.15, 0.2) is 6.61 Å². The quantitative estimate of drug-likeness (QED) is 0.839. The molecule has 0 aliphatic carbocycles. The molecular formula is C15H21NO2S. The lowest BCUT2D eigenvalue weighted by Gasteiger charge is -2.38. The summed E-state index contributed by atoms with van der Waals surface area (Å²) < 4.78 is 5.47. The van der Waals surface area contributed by atoms with Gasteiger partial charge in [0, 0.05) is 6.54 Å². The number of carbonyl (C=O) groups excluding carboxylic acids is 1. The molecule has 0 radical (unpaired) electrons. The summed E-state index contributed by atoms with van der Waals surface area (Å²) in [5, 5.41) is 0. The summed E-state index contributed by atoms with van der Waals surface area (Å²) in [7, 11) is 0. The van der Waals surface area contributed by atoms with E-state index in [2.05, 4.69) is 26.5 Å². The van der Waals surface area contributed by atoms with Crippen LogP contribution in [-0.2, 0) is 4.79 Å². The number of carbonyl (C=O) groups is 1. The van der Waals surface area contributed by atoms with Crippen molar-refractivity contribution in [1.29, 1.82) is 0 Å². The maximum absolute atomic E-state index is 12.2. The van der Waals surface area contributed by atoms with E-state index >= 15 is 0 Å². The molecule has 0 saturated carbocycles. The van der Waals surface area contributed by atoms with Crippen LogP contribution in [0.25, 0.3) is 0 Å². The molecule has 19 heavy (non-hydrogen) atoms. The summed E-state index contributed by atoms with van der Waals surface area (Å²) >= 11 is 4.49. The number of amides is 1. The molecule has 0 atom stereocenters. The summed E-state index contributed by atoms with van der Waals surface area (Å²) in [6.07, 6.45) is 2.03. The second-order valence-corrected chi connectivity index (χ2v) is 5.42. The summed E-state index contributed by atoms with van der Waals surface area (Å²) in [5.74, 6) is 1.61. The van der Waals surface area contributed by atoms with Gasteiger partial charge in [-0.1, -0.05) is 26.0 Å². The van der Waals surface area contributed by atoms with Crippen molar-refractivity contribution < 1.29 is 9.53 Å². The van der Waals surface area contributed by atoms with Gasteiger partial charge in [0.25, 0.3) is 5.91 Å². The molecule has 0 fully saturated rings. The largest absolute Gasteiger partial charge is 0.482 e. The Morgan fingerprint density at radius 3 is 2.63 bits per heavy atom. The maximum atomic E-state index is 12.2. The minimum absolute atomic E-state index is 0.0340. The van der Waals surface area contributed by atoms with E-state index in [-0.39, 0.29) is 17.9 Å². The Balaban J connectivity index is 2.31.